The fraction of sp³-hybridized carbons (Fsp3) is 0.172. The van der Waals surface area contributed by atoms with Gasteiger partial charge in [-0.05, 0) is 64.6 Å². The van der Waals surface area contributed by atoms with Crippen molar-refractivity contribution in [2.75, 3.05) is 11.9 Å². The lowest BCUT2D eigenvalue weighted by Gasteiger charge is -2.14. The zero-order valence-corrected chi connectivity index (χ0v) is 18.9. The molecule has 166 valence electrons. The molecular formula is C29H27NO3. The summed E-state index contributed by atoms with van der Waals surface area (Å²) in [5.41, 5.74) is 5.26. The summed E-state index contributed by atoms with van der Waals surface area (Å²) in [5, 5.41) is 5.10. The van der Waals surface area contributed by atoms with Crippen LogP contribution in [0.3, 0.4) is 0 Å². The molecule has 4 aromatic carbocycles. The molecule has 0 aliphatic carbocycles. The highest BCUT2D eigenvalue weighted by Gasteiger charge is 2.15. The van der Waals surface area contributed by atoms with Crippen molar-refractivity contribution in [3.05, 3.63) is 102 Å². The van der Waals surface area contributed by atoms with Crippen molar-refractivity contribution >= 4 is 28.3 Å². The number of esters is 1. The van der Waals surface area contributed by atoms with E-state index in [-0.39, 0.29) is 18.3 Å². The second-order valence-electron chi connectivity index (χ2n) is 7.89. The van der Waals surface area contributed by atoms with Crippen molar-refractivity contribution in [2.24, 2.45) is 0 Å². The second kappa shape index (κ2) is 10.1. The Bertz CT molecular complexity index is 1310. The Kier molecular flexibility index (Phi) is 6.84. The average molecular weight is 438 g/mol. The quantitative estimate of drug-likeness (QED) is 0.339. The van der Waals surface area contributed by atoms with Gasteiger partial charge in [0, 0.05) is 11.3 Å². The lowest BCUT2D eigenvalue weighted by molar-refractivity contribution is -0.142. The number of hydrogen-bond acceptors (Lipinski definition) is 3. The Morgan fingerprint density at radius 3 is 2.45 bits per heavy atom. The average Bonchev–Trinajstić information content (AvgIpc) is 2.84. The number of amides is 1. The molecule has 0 saturated carbocycles. The lowest BCUT2D eigenvalue weighted by Crippen LogP contribution is -2.15. The van der Waals surface area contributed by atoms with Gasteiger partial charge in [0.15, 0.2) is 0 Å². The third-order valence-electron chi connectivity index (χ3n) is 5.68. The molecule has 0 unspecified atom stereocenters. The first-order valence-corrected chi connectivity index (χ1v) is 11.3. The van der Waals surface area contributed by atoms with E-state index in [1.54, 1.807) is 13.0 Å². The van der Waals surface area contributed by atoms with Crippen molar-refractivity contribution in [3.63, 3.8) is 0 Å². The van der Waals surface area contributed by atoms with Crippen LogP contribution in [-0.2, 0) is 22.4 Å². The topological polar surface area (TPSA) is 55.4 Å². The number of aryl methyl sites for hydroxylation is 1. The van der Waals surface area contributed by atoms with Crippen molar-refractivity contribution < 1.29 is 14.3 Å². The maximum atomic E-state index is 13.3. The first-order valence-electron chi connectivity index (χ1n) is 11.3. The number of anilines is 1. The number of rotatable bonds is 7. The summed E-state index contributed by atoms with van der Waals surface area (Å²) in [5.74, 6) is -0.534. The summed E-state index contributed by atoms with van der Waals surface area (Å²) < 4.78 is 5.07. The van der Waals surface area contributed by atoms with Gasteiger partial charge in [0.2, 0.25) is 0 Å². The van der Waals surface area contributed by atoms with E-state index in [0.29, 0.717) is 17.9 Å². The van der Waals surface area contributed by atoms with Gasteiger partial charge in [0.25, 0.3) is 5.91 Å². The third kappa shape index (κ3) is 5.12. The van der Waals surface area contributed by atoms with Crippen LogP contribution in [0, 0.1) is 0 Å². The minimum atomic E-state index is -0.317. The molecule has 0 spiro atoms. The fourth-order valence-electron chi connectivity index (χ4n) is 4.00. The number of hydrogen-bond donors (Lipinski definition) is 1. The van der Waals surface area contributed by atoms with Crippen LogP contribution in [0.1, 0.15) is 35.3 Å². The molecule has 0 aliphatic rings. The number of para-hydroxylation sites is 1. The van der Waals surface area contributed by atoms with Gasteiger partial charge in [-0.15, -0.1) is 0 Å². The Morgan fingerprint density at radius 1 is 0.848 bits per heavy atom. The molecule has 0 bridgehead atoms. The summed E-state index contributed by atoms with van der Waals surface area (Å²) in [7, 11) is 0. The number of fused-ring (bicyclic) bond motifs is 1. The Hall–Kier alpha value is -3.92. The van der Waals surface area contributed by atoms with E-state index in [4.69, 9.17) is 4.74 Å². The molecule has 0 heterocycles. The number of ether oxygens (including phenoxy) is 1. The molecule has 4 nitrogen and oxygen atoms in total. The van der Waals surface area contributed by atoms with Crippen LogP contribution in [0.25, 0.3) is 21.9 Å². The van der Waals surface area contributed by atoms with Crippen LogP contribution in [0.2, 0.25) is 0 Å². The van der Waals surface area contributed by atoms with E-state index in [0.717, 1.165) is 33.9 Å². The summed E-state index contributed by atoms with van der Waals surface area (Å²) in [6.07, 6.45) is 1.06. The highest BCUT2D eigenvalue weighted by molar-refractivity contribution is 6.10. The van der Waals surface area contributed by atoms with Crippen molar-refractivity contribution in [1.29, 1.82) is 0 Å². The molecule has 0 aliphatic heterocycles. The zero-order valence-electron chi connectivity index (χ0n) is 18.9. The standard InChI is InChI=1S/C29H27NO3/c1-3-20-10-9-13-21(16-20)26-18-24(17-22-11-5-7-14-25(22)26)29(32)30-27-15-8-6-12-23(27)19-28(31)33-4-2/h5-18H,3-4,19H2,1-2H3,(H,30,32). The van der Waals surface area contributed by atoms with Crippen molar-refractivity contribution in [3.8, 4) is 11.1 Å². The first kappa shape index (κ1) is 22.3. The molecule has 0 saturated heterocycles. The summed E-state index contributed by atoms with van der Waals surface area (Å²) in [6, 6.07) is 27.7. The van der Waals surface area contributed by atoms with Gasteiger partial charge in [-0.25, -0.2) is 0 Å². The number of nitrogens with one attached hydrogen (secondary N) is 1. The monoisotopic (exact) mass is 437 g/mol. The highest BCUT2D eigenvalue weighted by Crippen LogP contribution is 2.31. The molecule has 1 N–H and O–H groups in total. The highest BCUT2D eigenvalue weighted by atomic mass is 16.5. The third-order valence-corrected chi connectivity index (χ3v) is 5.68. The van der Waals surface area contributed by atoms with Gasteiger partial charge < -0.3 is 10.1 Å². The summed E-state index contributed by atoms with van der Waals surface area (Å²) in [4.78, 5) is 25.3. The van der Waals surface area contributed by atoms with Gasteiger partial charge in [0.1, 0.15) is 0 Å². The van der Waals surface area contributed by atoms with Gasteiger partial charge in [-0.2, -0.15) is 0 Å². The molecule has 33 heavy (non-hydrogen) atoms. The van der Waals surface area contributed by atoms with Gasteiger partial charge in [-0.1, -0.05) is 73.7 Å². The van der Waals surface area contributed by atoms with E-state index < -0.39 is 0 Å². The van der Waals surface area contributed by atoms with E-state index >= 15 is 0 Å². The zero-order chi connectivity index (χ0) is 23.2. The molecule has 0 atom stereocenters. The predicted molar refractivity (Wildman–Crippen MR) is 133 cm³/mol. The van der Waals surface area contributed by atoms with Gasteiger partial charge in [-0.3, -0.25) is 9.59 Å². The number of benzene rings is 4. The maximum Gasteiger partial charge on any atom is 0.310 e. The summed E-state index contributed by atoms with van der Waals surface area (Å²) >= 11 is 0. The second-order valence-corrected chi connectivity index (χ2v) is 7.89. The minimum Gasteiger partial charge on any atom is -0.466 e. The number of carbonyl (C=O) groups is 2. The number of carbonyl (C=O) groups excluding carboxylic acids is 2. The normalized spacial score (nSPS) is 10.7. The molecule has 4 rings (SSSR count). The van der Waals surface area contributed by atoms with Crippen LogP contribution < -0.4 is 5.32 Å². The predicted octanol–water partition coefficient (Wildman–Crippen LogP) is 6.43. The van der Waals surface area contributed by atoms with Crippen LogP contribution >= 0.6 is 0 Å². The maximum absolute atomic E-state index is 13.3. The Labute approximate surface area is 194 Å². The van der Waals surface area contributed by atoms with Crippen LogP contribution in [0.15, 0.2) is 84.9 Å². The van der Waals surface area contributed by atoms with Crippen molar-refractivity contribution in [2.45, 2.75) is 26.7 Å². The smallest absolute Gasteiger partial charge is 0.310 e. The molecule has 4 heteroatoms. The first-order chi connectivity index (χ1) is 16.1. The lowest BCUT2D eigenvalue weighted by atomic mass is 9.94. The minimum absolute atomic E-state index is 0.108. The van der Waals surface area contributed by atoms with Crippen LogP contribution in [0.4, 0.5) is 5.69 Å². The molecule has 0 radical (unpaired) electrons. The van der Waals surface area contributed by atoms with Crippen molar-refractivity contribution in [1.82, 2.24) is 0 Å². The molecule has 4 aromatic rings. The Morgan fingerprint density at radius 2 is 1.64 bits per heavy atom. The van der Waals surface area contributed by atoms with Crippen LogP contribution in [0.5, 0.6) is 0 Å². The van der Waals surface area contributed by atoms with Gasteiger partial charge in [0.05, 0.1) is 13.0 Å². The molecule has 0 aromatic heterocycles. The van der Waals surface area contributed by atoms with Crippen LogP contribution in [-0.4, -0.2) is 18.5 Å². The van der Waals surface area contributed by atoms with E-state index in [9.17, 15) is 9.59 Å². The Balaban J connectivity index is 1.71. The van der Waals surface area contributed by atoms with E-state index in [1.807, 2.05) is 48.5 Å². The van der Waals surface area contributed by atoms with E-state index in [1.165, 1.54) is 5.56 Å². The molecular weight excluding hydrogens is 410 g/mol. The molecule has 0 fully saturated rings. The summed E-state index contributed by atoms with van der Waals surface area (Å²) in [6.45, 7) is 4.24. The fourth-order valence-corrected chi connectivity index (χ4v) is 4.00. The van der Waals surface area contributed by atoms with E-state index in [2.05, 4.69) is 42.6 Å². The SMILES string of the molecule is CCOC(=O)Cc1ccccc1NC(=O)c1cc(-c2cccc(CC)c2)c2ccccc2c1. The molecule has 1 amide bonds. The van der Waals surface area contributed by atoms with Gasteiger partial charge >= 0.3 is 5.97 Å². The largest absolute Gasteiger partial charge is 0.466 e.